The molecule has 0 aliphatic carbocycles. The van der Waals surface area contributed by atoms with E-state index < -0.39 is 0 Å². The zero-order valence-corrected chi connectivity index (χ0v) is 11.0. The summed E-state index contributed by atoms with van der Waals surface area (Å²) in [4.78, 5) is 2.11. The van der Waals surface area contributed by atoms with Crippen LogP contribution in [-0.4, -0.2) is 45.3 Å². The van der Waals surface area contributed by atoms with Crippen molar-refractivity contribution in [3.05, 3.63) is 23.8 Å². The van der Waals surface area contributed by atoms with E-state index in [1.165, 1.54) is 0 Å². The normalized spacial score (nSPS) is 10.8. The number of anilines is 2. The van der Waals surface area contributed by atoms with Crippen molar-refractivity contribution in [2.45, 2.75) is 6.92 Å². The number of hydrogen-bond donors (Lipinski definition) is 2. The maximum absolute atomic E-state index is 5.83. The van der Waals surface area contributed by atoms with Crippen LogP contribution in [0.1, 0.15) is 5.56 Å². The van der Waals surface area contributed by atoms with Crippen LogP contribution in [0.5, 0.6) is 0 Å². The summed E-state index contributed by atoms with van der Waals surface area (Å²) in [6, 6.07) is 5.90. The minimum atomic E-state index is 0.710. The van der Waals surface area contributed by atoms with E-state index in [0.29, 0.717) is 6.61 Å². The van der Waals surface area contributed by atoms with Gasteiger partial charge in [0.1, 0.15) is 0 Å². The van der Waals surface area contributed by atoms with Gasteiger partial charge in [0.05, 0.1) is 13.2 Å². The van der Waals surface area contributed by atoms with Gasteiger partial charge >= 0.3 is 0 Å². The molecule has 4 nitrogen and oxygen atoms in total. The fourth-order valence-electron chi connectivity index (χ4n) is 1.45. The second-order valence-corrected chi connectivity index (χ2v) is 4.36. The average molecular weight is 237 g/mol. The van der Waals surface area contributed by atoms with E-state index in [1.807, 2.05) is 39.2 Å². The predicted molar refractivity (Wildman–Crippen MR) is 73.5 cm³/mol. The Kier molecular flexibility index (Phi) is 5.80. The van der Waals surface area contributed by atoms with Crippen LogP contribution in [0.4, 0.5) is 11.4 Å². The summed E-state index contributed by atoms with van der Waals surface area (Å²) in [6.07, 6.45) is 0. The molecule has 96 valence electrons. The molecule has 0 aromatic heterocycles. The summed E-state index contributed by atoms with van der Waals surface area (Å²) in [7, 11) is 4.08. The molecule has 0 heterocycles. The van der Waals surface area contributed by atoms with Crippen molar-refractivity contribution in [2.75, 3.05) is 51.4 Å². The van der Waals surface area contributed by atoms with Crippen LogP contribution in [0.3, 0.4) is 0 Å². The van der Waals surface area contributed by atoms with Gasteiger partial charge in [-0.1, -0.05) is 6.07 Å². The first kappa shape index (κ1) is 13.8. The molecule has 0 amide bonds. The van der Waals surface area contributed by atoms with Crippen molar-refractivity contribution in [1.82, 2.24) is 4.90 Å². The Morgan fingerprint density at radius 2 is 2.06 bits per heavy atom. The lowest BCUT2D eigenvalue weighted by Crippen LogP contribution is -2.20. The Morgan fingerprint density at radius 3 is 2.76 bits per heavy atom. The number of nitrogens with two attached hydrogens (primary N) is 1. The van der Waals surface area contributed by atoms with Crippen LogP contribution in [0.2, 0.25) is 0 Å². The number of nitrogens with one attached hydrogen (secondary N) is 1. The predicted octanol–water partition coefficient (Wildman–Crippen LogP) is 1.57. The summed E-state index contributed by atoms with van der Waals surface area (Å²) < 4.78 is 5.50. The molecular formula is C13H23N3O. The van der Waals surface area contributed by atoms with Gasteiger partial charge in [-0.2, -0.15) is 0 Å². The zero-order valence-electron chi connectivity index (χ0n) is 11.0. The van der Waals surface area contributed by atoms with Crippen molar-refractivity contribution in [3.63, 3.8) is 0 Å². The number of benzene rings is 1. The largest absolute Gasteiger partial charge is 0.398 e. The third kappa shape index (κ3) is 5.06. The highest BCUT2D eigenvalue weighted by atomic mass is 16.5. The fraction of sp³-hybridized carbons (Fsp3) is 0.538. The van der Waals surface area contributed by atoms with Gasteiger partial charge in [-0.05, 0) is 38.7 Å². The van der Waals surface area contributed by atoms with Crippen molar-refractivity contribution in [2.24, 2.45) is 0 Å². The van der Waals surface area contributed by atoms with E-state index in [-0.39, 0.29) is 0 Å². The molecule has 0 radical (unpaired) electrons. The topological polar surface area (TPSA) is 50.5 Å². The number of hydrogen-bond acceptors (Lipinski definition) is 4. The van der Waals surface area contributed by atoms with E-state index in [4.69, 9.17) is 10.5 Å². The lowest BCUT2D eigenvalue weighted by Gasteiger charge is -2.12. The van der Waals surface area contributed by atoms with E-state index >= 15 is 0 Å². The van der Waals surface area contributed by atoms with Crippen LogP contribution >= 0.6 is 0 Å². The summed E-state index contributed by atoms with van der Waals surface area (Å²) in [5, 5.41) is 3.32. The Morgan fingerprint density at radius 1 is 1.29 bits per heavy atom. The minimum absolute atomic E-state index is 0.710. The number of rotatable bonds is 7. The van der Waals surface area contributed by atoms with Crippen LogP contribution in [0, 0.1) is 6.92 Å². The van der Waals surface area contributed by atoms with Crippen molar-refractivity contribution in [3.8, 4) is 0 Å². The summed E-state index contributed by atoms with van der Waals surface area (Å²) in [5.74, 6) is 0. The van der Waals surface area contributed by atoms with Gasteiger partial charge in [0.15, 0.2) is 0 Å². The molecular weight excluding hydrogens is 214 g/mol. The van der Waals surface area contributed by atoms with Gasteiger partial charge in [-0.15, -0.1) is 0 Å². The Bertz CT molecular complexity index is 339. The molecule has 1 rings (SSSR count). The van der Waals surface area contributed by atoms with E-state index in [9.17, 15) is 0 Å². The molecule has 0 spiro atoms. The first-order chi connectivity index (χ1) is 8.11. The molecule has 0 saturated carbocycles. The van der Waals surface area contributed by atoms with Crippen molar-refractivity contribution in [1.29, 1.82) is 0 Å². The molecule has 0 aliphatic heterocycles. The lowest BCUT2D eigenvalue weighted by atomic mass is 10.1. The molecule has 1 aromatic rings. The molecule has 0 bridgehead atoms. The Labute approximate surface area is 104 Å². The average Bonchev–Trinajstić information content (AvgIpc) is 2.28. The van der Waals surface area contributed by atoms with Gasteiger partial charge < -0.3 is 20.7 Å². The second-order valence-electron chi connectivity index (χ2n) is 4.36. The van der Waals surface area contributed by atoms with E-state index in [0.717, 1.165) is 36.6 Å². The monoisotopic (exact) mass is 237 g/mol. The Hall–Kier alpha value is -1.26. The highest BCUT2D eigenvalue weighted by molar-refractivity contribution is 5.62. The standard InChI is InChI=1S/C13H23N3O/c1-11-12(14)5-4-6-13(11)15-7-9-17-10-8-16(2)3/h4-6,15H,7-10,14H2,1-3H3. The quantitative estimate of drug-likeness (QED) is 0.558. The van der Waals surface area contributed by atoms with Gasteiger partial charge in [0, 0.05) is 24.5 Å². The van der Waals surface area contributed by atoms with Crippen molar-refractivity contribution < 1.29 is 4.74 Å². The van der Waals surface area contributed by atoms with Crippen LogP contribution < -0.4 is 11.1 Å². The number of nitrogens with zero attached hydrogens (tertiary/aromatic N) is 1. The molecule has 0 fully saturated rings. The first-order valence-electron chi connectivity index (χ1n) is 5.92. The van der Waals surface area contributed by atoms with E-state index in [2.05, 4.69) is 10.2 Å². The maximum atomic E-state index is 5.83. The van der Waals surface area contributed by atoms with Gasteiger partial charge in [0.25, 0.3) is 0 Å². The third-order valence-electron chi connectivity index (χ3n) is 2.62. The molecule has 0 saturated heterocycles. The van der Waals surface area contributed by atoms with Crippen LogP contribution in [0.25, 0.3) is 0 Å². The summed E-state index contributed by atoms with van der Waals surface area (Å²) >= 11 is 0. The molecule has 0 aliphatic rings. The smallest absolute Gasteiger partial charge is 0.0639 e. The van der Waals surface area contributed by atoms with Gasteiger partial charge in [-0.3, -0.25) is 0 Å². The summed E-state index contributed by atoms with van der Waals surface area (Å²) in [5.41, 5.74) is 8.83. The molecule has 1 aromatic carbocycles. The third-order valence-corrected chi connectivity index (χ3v) is 2.62. The highest BCUT2D eigenvalue weighted by Gasteiger charge is 1.99. The molecule has 17 heavy (non-hydrogen) atoms. The molecule has 0 atom stereocenters. The molecule has 0 unspecified atom stereocenters. The summed E-state index contributed by atoms with van der Waals surface area (Å²) in [6.45, 7) is 5.26. The van der Waals surface area contributed by atoms with E-state index in [1.54, 1.807) is 0 Å². The second kappa shape index (κ2) is 7.14. The minimum Gasteiger partial charge on any atom is -0.398 e. The van der Waals surface area contributed by atoms with Crippen LogP contribution in [-0.2, 0) is 4.74 Å². The maximum Gasteiger partial charge on any atom is 0.0639 e. The van der Waals surface area contributed by atoms with Crippen molar-refractivity contribution >= 4 is 11.4 Å². The SMILES string of the molecule is Cc1c(N)cccc1NCCOCCN(C)C. The fourth-order valence-corrected chi connectivity index (χ4v) is 1.45. The number of nitrogen functional groups attached to an aromatic ring is 1. The van der Waals surface area contributed by atoms with Crippen LogP contribution in [0.15, 0.2) is 18.2 Å². The Balaban J connectivity index is 2.20. The molecule has 3 N–H and O–H groups in total. The first-order valence-corrected chi connectivity index (χ1v) is 5.92. The zero-order chi connectivity index (χ0) is 12.7. The number of likely N-dealkylation sites (N-methyl/N-ethyl adjacent to an activating group) is 1. The van der Waals surface area contributed by atoms with Gasteiger partial charge in [-0.25, -0.2) is 0 Å². The van der Waals surface area contributed by atoms with Gasteiger partial charge in [0.2, 0.25) is 0 Å². The molecule has 4 heteroatoms. The lowest BCUT2D eigenvalue weighted by molar-refractivity contribution is 0.126. The number of ether oxygens (including phenoxy) is 1. The highest BCUT2D eigenvalue weighted by Crippen LogP contribution is 2.19.